The molecule has 0 radical (unpaired) electrons. The summed E-state index contributed by atoms with van der Waals surface area (Å²) in [5.41, 5.74) is 1.29. The Morgan fingerprint density at radius 1 is 1.32 bits per heavy atom. The van der Waals surface area contributed by atoms with Crippen LogP contribution in [-0.4, -0.2) is 40.0 Å². The molecule has 0 bridgehead atoms. The van der Waals surface area contributed by atoms with Crippen molar-refractivity contribution >= 4 is 23.5 Å². The topological polar surface area (TPSA) is 86.1 Å². The van der Waals surface area contributed by atoms with E-state index in [-0.39, 0.29) is 11.6 Å². The minimum Gasteiger partial charge on any atom is -0.467 e. The van der Waals surface area contributed by atoms with Gasteiger partial charge < -0.3 is 10.1 Å². The number of esters is 1. The third kappa shape index (κ3) is 4.36. The summed E-state index contributed by atoms with van der Waals surface area (Å²) >= 11 is 6.17. The number of nitrogens with zero attached hydrogens (tertiary/aromatic N) is 3. The number of aromatic nitrogens is 3. The van der Waals surface area contributed by atoms with Crippen molar-refractivity contribution in [2.45, 2.75) is 33.2 Å². The number of nitrogens with one attached hydrogen (secondary N) is 1. The Morgan fingerprint density at radius 3 is 2.60 bits per heavy atom. The van der Waals surface area contributed by atoms with Gasteiger partial charge in [-0.15, -0.1) is 5.10 Å². The molecular formula is C17H21ClN4O3. The molecule has 1 atom stereocenters. The first kappa shape index (κ1) is 18.9. The molecule has 0 saturated carbocycles. The van der Waals surface area contributed by atoms with E-state index in [1.807, 2.05) is 19.9 Å². The number of hydrogen-bond acceptors (Lipinski definition) is 5. The van der Waals surface area contributed by atoms with E-state index in [4.69, 9.17) is 16.3 Å². The van der Waals surface area contributed by atoms with E-state index in [1.54, 1.807) is 25.1 Å². The zero-order chi connectivity index (χ0) is 18.6. The summed E-state index contributed by atoms with van der Waals surface area (Å²) < 4.78 is 6.25. The smallest absolute Gasteiger partial charge is 0.328 e. The lowest BCUT2D eigenvalue weighted by molar-refractivity contribution is -0.143. The molecule has 1 aromatic heterocycles. The minimum absolute atomic E-state index is 0.137. The van der Waals surface area contributed by atoms with E-state index in [0.29, 0.717) is 22.8 Å². The van der Waals surface area contributed by atoms with Gasteiger partial charge in [0.05, 0.1) is 23.5 Å². The number of rotatable bonds is 6. The van der Waals surface area contributed by atoms with Gasteiger partial charge in [-0.3, -0.25) is 4.79 Å². The van der Waals surface area contributed by atoms with Gasteiger partial charge in [-0.1, -0.05) is 42.8 Å². The number of carbonyl (C=O) groups excluding carboxylic acids is 2. The number of hydrogen-bond donors (Lipinski definition) is 1. The van der Waals surface area contributed by atoms with Crippen molar-refractivity contribution in [3.05, 3.63) is 40.7 Å². The van der Waals surface area contributed by atoms with Crippen molar-refractivity contribution in [2.24, 2.45) is 5.92 Å². The van der Waals surface area contributed by atoms with Crippen LogP contribution in [0.15, 0.2) is 24.3 Å². The lowest BCUT2D eigenvalue weighted by Gasteiger charge is -2.17. The number of carbonyl (C=O) groups is 2. The number of ether oxygens (including phenoxy) is 1. The fraction of sp³-hybridized carbons (Fsp3) is 0.412. The molecule has 1 N–H and O–H groups in total. The lowest BCUT2D eigenvalue weighted by Crippen LogP contribution is -2.42. The lowest BCUT2D eigenvalue weighted by atomic mass is 10.0. The van der Waals surface area contributed by atoms with E-state index in [1.165, 1.54) is 11.8 Å². The standard InChI is InChI=1S/C17H21ClN4O3/c1-10(2)9-13(17(24)25-4)19-16(23)15-11(3)22(21-20-15)14-8-6-5-7-12(14)18/h5-8,10,13H,9H2,1-4H3,(H,19,23). The molecule has 2 aromatic rings. The van der Waals surface area contributed by atoms with E-state index in [2.05, 4.69) is 15.6 Å². The monoisotopic (exact) mass is 364 g/mol. The zero-order valence-corrected chi connectivity index (χ0v) is 15.4. The third-order valence-electron chi connectivity index (χ3n) is 3.69. The minimum atomic E-state index is -0.734. The highest BCUT2D eigenvalue weighted by molar-refractivity contribution is 6.32. The first-order chi connectivity index (χ1) is 11.8. The van der Waals surface area contributed by atoms with Crippen molar-refractivity contribution in [1.29, 1.82) is 0 Å². The Bertz CT molecular complexity index is 773. The Balaban J connectivity index is 2.25. The normalized spacial score (nSPS) is 12.1. The SMILES string of the molecule is COC(=O)C(CC(C)C)NC(=O)c1nnn(-c2ccccc2Cl)c1C. The molecule has 0 aliphatic rings. The quantitative estimate of drug-likeness (QED) is 0.796. The fourth-order valence-electron chi connectivity index (χ4n) is 2.45. The first-order valence-electron chi connectivity index (χ1n) is 7.91. The van der Waals surface area contributed by atoms with E-state index < -0.39 is 17.9 Å². The summed E-state index contributed by atoms with van der Waals surface area (Å²) in [5, 5.41) is 11.1. The predicted molar refractivity (Wildman–Crippen MR) is 93.8 cm³/mol. The van der Waals surface area contributed by atoms with E-state index in [0.717, 1.165) is 0 Å². The van der Waals surface area contributed by atoms with Crippen molar-refractivity contribution < 1.29 is 14.3 Å². The van der Waals surface area contributed by atoms with Crippen LogP contribution in [0.25, 0.3) is 5.69 Å². The Hall–Kier alpha value is -2.41. The first-order valence-corrected chi connectivity index (χ1v) is 8.28. The fourth-order valence-corrected chi connectivity index (χ4v) is 2.66. The number of amides is 1. The van der Waals surface area contributed by atoms with Crippen LogP contribution in [0.1, 0.15) is 36.5 Å². The summed E-state index contributed by atoms with van der Waals surface area (Å²) in [5.74, 6) is -0.755. The molecule has 8 heteroatoms. The average molecular weight is 365 g/mol. The maximum Gasteiger partial charge on any atom is 0.328 e. The number of para-hydroxylation sites is 1. The van der Waals surface area contributed by atoms with Crippen LogP contribution < -0.4 is 5.32 Å². The van der Waals surface area contributed by atoms with Crippen LogP contribution in [0.4, 0.5) is 0 Å². The Kier molecular flexibility index (Phi) is 6.14. The molecule has 1 amide bonds. The molecule has 2 rings (SSSR count). The molecule has 0 saturated heterocycles. The van der Waals surface area contributed by atoms with Gasteiger partial charge in [0.2, 0.25) is 0 Å². The third-order valence-corrected chi connectivity index (χ3v) is 4.01. The maximum atomic E-state index is 12.5. The van der Waals surface area contributed by atoms with Gasteiger partial charge in [-0.05, 0) is 31.4 Å². The molecule has 25 heavy (non-hydrogen) atoms. The van der Waals surface area contributed by atoms with Gasteiger partial charge in [0.15, 0.2) is 5.69 Å². The highest BCUT2D eigenvalue weighted by atomic mass is 35.5. The van der Waals surface area contributed by atoms with Gasteiger partial charge >= 0.3 is 5.97 Å². The molecule has 0 aliphatic heterocycles. The maximum absolute atomic E-state index is 12.5. The van der Waals surface area contributed by atoms with E-state index in [9.17, 15) is 9.59 Å². The summed E-state index contributed by atoms with van der Waals surface area (Å²) in [7, 11) is 1.29. The van der Waals surface area contributed by atoms with Crippen LogP contribution in [-0.2, 0) is 9.53 Å². The molecule has 1 unspecified atom stereocenters. The highest BCUT2D eigenvalue weighted by Gasteiger charge is 2.26. The summed E-state index contributed by atoms with van der Waals surface area (Å²) in [6.45, 7) is 5.63. The summed E-state index contributed by atoms with van der Waals surface area (Å²) in [6, 6.07) is 6.40. The molecule has 1 heterocycles. The van der Waals surface area contributed by atoms with E-state index >= 15 is 0 Å². The highest BCUT2D eigenvalue weighted by Crippen LogP contribution is 2.21. The van der Waals surface area contributed by atoms with Gasteiger partial charge in [0.1, 0.15) is 6.04 Å². The van der Waals surface area contributed by atoms with Gasteiger partial charge in [0, 0.05) is 0 Å². The Labute approximate surface area is 151 Å². The van der Waals surface area contributed by atoms with Crippen LogP contribution in [0, 0.1) is 12.8 Å². The van der Waals surface area contributed by atoms with Crippen molar-refractivity contribution in [1.82, 2.24) is 20.3 Å². The molecular weight excluding hydrogens is 344 g/mol. The number of benzene rings is 1. The second-order valence-electron chi connectivity index (χ2n) is 6.07. The van der Waals surface area contributed by atoms with Gasteiger partial charge in [-0.25, -0.2) is 9.48 Å². The predicted octanol–water partition coefficient (Wildman–Crippen LogP) is 2.55. The van der Waals surface area contributed by atoms with Crippen molar-refractivity contribution in [3.63, 3.8) is 0 Å². The van der Waals surface area contributed by atoms with Crippen molar-refractivity contribution in [3.8, 4) is 5.69 Å². The van der Waals surface area contributed by atoms with Gasteiger partial charge in [-0.2, -0.15) is 0 Å². The summed E-state index contributed by atoms with van der Waals surface area (Å²) in [6.07, 6.45) is 0.468. The van der Waals surface area contributed by atoms with Crippen molar-refractivity contribution in [2.75, 3.05) is 7.11 Å². The zero-order valence-electron chi connectivity index (χ0n) is 14.6. The molecule has 1 aromatic carbocycles. The molecule has 0 aliphatic carbocycles. The molecule has 0 fully saturated rings. The van der Waals surface area contributed by atoms with Crippen LogP contribution >= 0.6 is 11.6 Å². The Morgan fingerprint density at radius 2 is 2.00 bits per heavy atom. The molecule has 0 spiro atoms. The summed E-state index contributed by atoms with van der Waals surface area (Å²) in [4.78, 5) is 24.4. The van der Waals surface area contributed by atoms with Crippen LogP contribution in [0.5, 0.6) is 0 Å². The second-order valence-corrected chi connectivity index (χ2v) is 6.47. The van der Waals surface area contributed by atoms with Gasteiger partial charge in [0.25, 0.3) is 5.91 Å². The number of halogens is 1. The van der Waals surface area contributed by atoms with Crippen LogP contribution in [0.2, 0.25) is 5.02 Å². The molecule has 7 nitrogen and oxygen atoms in total. The average Bonchev–Trinajstić information content (AvgIpc) is 2.95. The molecule has 134 valence electrons. The number of methoxy groups -OCH3 is 1. The largest absolute Gasteiger partial charge is 0.467 e. The second kappa shape index (κ2) is 8.11. The van der Waals surface area contributed by atoms with Crippen LogP contribution in [0.3, 0.4) is 0 Å².